The molecule has 0 amide bonds. The van der Waals surface area contributed by atoms with Crippen molar-refractivity contribution in [2.45, 2.75) is 19.4 Å². The molecule has 0 bridgehead atoms. The van der Waals surface area contributed by atoms with Crippen molar-refractivity contribution in [3.8, 4) is 5.75 Å². The zero-order valence-corrected chi connectivity index (χ0v) is 11.5. The summed E-state index contributed by atoms with van der Waals surface area (Å²) in [6.45, 7) is 1.66. The Bertz CT molecular complexity index is 439. The van der Waals surface area contributed by atoms with E-state index in [4.69, 9.17) is 19.3 Å². The van der Waals surface area contributed by atoms with E-state index in [1.807, 2.05) is 0 Å². The SMILES string of the molecule is CCOC(=O)[C@H](Cc1ccc(OCC(=O)O)cc1)OC. The molecule has 0 aliphatic heterocycles. The Labute approximate surface area is 117 Å². The quantitative estimate of drug-likeness (QED) is 0.723. The predicted octanol–water partition coefficient (Wildman–Crippen LogP) is 1.27. The van der Waals surface area contributed by atoms with E-state index in [0.29, 0.717) is 18.8 Å². The van der Waals surface area contributed by atoms with E-state index in [1.165, 1.54) is 7.11 Å². The van der Waals surface area contributed by atoms with Crippen LogP contribution in [0.3, 0.4) is 0 Å². The molecule has 0 aliphatic rings. The van der Waals surface area contributed by atoms with Crippen molar-refractivity contribution in [2.75, 3.05) is 20.3 Å². The zero-order chi connectivity index (χ0) is 15.0. The summed E-state index contributed by atoms with van der Waals surface area (Å²) in [6.07, 6.45) is -0.269. The van der Waals surface area contributed by atoms with E-state index >= 15 is 0 Å². The monoisotopic (exact) mass is 282 g/mol. The summed E-state index contributed by atoms with van der Waals surface area (Å²) in [7, 11) is 1.45. The van der Waals surface area contributed by atoms with Crippen LogP contribution in [0, 0.1) is 0 Å². The maximum atomic E-state index is 11.6. The van der Waals surface area contributed by atoms with Gasteiger partial charge in [-0.2, -0.15) is 0 Å². The summed E-state index contributed by atoms with van der Waals surface area (Å²) < 4.78 is 15.0. The summed E-state index contributed by atoms with van der Waals surface area (Å²) in [5.41, 5.74) is 0.868. The van der Waals surface area contributed by atoms with Crippen LogP contribution in [-0.4, -0.2) is 43.5 Å². The topological polar surface area (TPSA) is 82.1 Å². The number of hydrogen-bond acceptors (Lipinski definition) is 5. The number of ether oxygens (including phenoxy) is 3. The number of aliphatic carboxylic acids is 1. The van der Waals surface area contributed by atoms with E-state index in [0.717, 1.165) is 5.56 Å². The van der Waals surface area contributed by atoms with Gasteiger partial charge in [-0.3, -0.25) is 0 Å². The highest BCUT2D eigenvalue weighted by atomic mass is 16.6. The summed E-state index contributed by atoms with van der Waals surface area (Å²) in [4.78, 5) is 22.0. The first-order chi connectivity index (χ1) is 9.56. The van der Waals surface area contributed by atoms with Crippen molar-refractivity contribution in [2.24, 2.45) is 0 Å². The van der Waals surface area contributed by atoms with E-state index in [2.05, 4.69) is 0 Å². The minimum Gasteiger partial charge on any atom is -0.482 e. The molecule has 0 saturated heterocycles. The van der Waals surface area contributed by atoms with Gasteiger partial charge in [-0.25, -0.2) is 9.59 Å². The second-order valence-corrected chi connectivity index (χ2v) is 4.01. The van der Waals surface area contributed by atoms with E-state index in [9.17, 15) is 9.59 Å². The van der Waals surface area contributed by atoms with E-state index in [-0.39, 0.29) is 6.61 Å². The molecule has 1 aromatic carbocycles. The van der Waals surface area contributed by atoms with Gasteiger partial charge in [0, 0.05) is 13.5 Å². The standard InChI is InChI=1S/C14H18O6/c1-3-19-14(17)12(18-2)8-10-4-6-11(7-5-10)20-9-13(15)16/h4-7,12H,3,8-9H2,1-2H3,(H,15,16)/t12-/m0/s1. The average Bonchev–Trinajstić information content (AvgIpc) is 2.44. The van der Waals surface area contributed by atoms with Gasteiger partial charge in [0.25, 0.3) is 0 Å². The van der Waals surface area contributed by atoms with Gasteiger partial charge in [-0.05, 0) is 24.6 Å². The van der Waals surface area contributed by atoms with Crippen LogP contribution in [0.15, 0.2) is 24.3 Å². The molecule has 6 nitrogen and oxygen atoms in total. The van der Waals surface area contributed by atoms with Crippen LogP contribution < -0.4 is 4.74 Å². The highest BCUT2D eigenvalue weighted by Gasteiger charge is 2.19. The third-order valence-electron chi connectivity index (χ3n) is 2.54. The van der Waals surface area contributed by atoms with Crippen molar-refractivity contribution < 1.29 is 28.9 Å². The van der Waals surface area contributed by atoms with Gasteiger partial charge in [0.1, 0.15) is 5.75 Å². The van der Waals surface area contributed by atoms with Crippen molar-refractivity contribution >= 4 is 11.9 Å². The molecule has 1 N–H and O–H groups in total. The molecule has 1 aromatic rings. The second-order valence-electron chi connectivity index (χ2n) is 4.01. The largest absolute Gasteiger partial charge is 0.482 e. The molecule has 0 aliphatic carbocycles. The number of carboxylic acids is 1. The Balaban J connectivity index is 2.59. The molecular formula is C14H18O6. The molecule has 20 heavy (non-hydrogen) atoms. The molecule has 6 heteroatoms. The fraction of sp³-hybridized carbons (Fsp3) is 0.429. The molecule has 0 radical (unpaired) electrons. The summed E-state index contributed by atoms with van der Waals surface area (Å²) in [5.74, 6) is -0.974. The molecule has 0 saturated carbocycles. The minimum atomic E-state index is -1.03. The molecule has 1 rings (SSSR count). The molecular weight excluding hydrogens is 264 g/mol. The van der Waals surface area contributed by atoms with Crippen LogP contribution in [0.25, 0.3) is 0 Å². The molecule has 0 fully saturated rings. The first kappa shape index (κ1) is 16.0. The third kappa shape index (κ3) is 5.27. The number of carboxylic acid groups (broad SMARTS) is 1. The van der Waals surface area contributed by atoms with Gasteiger partial charge in [0.15, 0.2) is 12.7 Å². The smallest absolute Gasteiger partial charge is 0.341 e. The number of rotatable bonds is 8. The number of benzene rings is 1. The summed E-state index contributed by atoms with van der Waals surface area (Å²) in [6, 6.07) is 6.80. The highest BCUT2D eigenvalue weighted by molar-refractivity contribution is 5.75. The van der Waals surface area contributed by atoms with E-state index < -0.39 is 18.0 Å². The second kappa shape index (κ2) is 8.16. The predicted molar refractivity (Wildman–Crippen MR) is 70.7 cm³/mol. The molecule has 0 spiro atoms. The number of carbonyl (C=O) groups excluding carboxylic acids is 1. The fourth-order valence-corrected chi connectivity index (χ4v) is 1.58. The van der Waals surface area contributed by atoms with E-state index in [1.54, 1.807) is 31.2 Å². The molecule has 110 valence electrons. The Hall–Kier alpha value is -2.08. The van der Waals surface area contributed by atoms with Crippen LogP contribution in [0.4, 0.5) is 0 Å². The van der Waals surface area contributed by atoms with Gasteiger partial charge in [-0.1, -0.05) is 12.1 Å². The number of methoxy groups -OCH3 is 1. The van der Waals surface area contributed by atoms with Gasteiger partial charge < -0.3 is 19.3 Å². The van der Waals surface area contributed by atoms with Crippen molar-refractivity contribution in [3.05, 3.63) is 29.8 Å². The fourth-order valence-electron chi connectivity index (χ4n) is 1.58. The molecule has 0 heterocycles. The lowest BCUT2D eigenvalue weighted by molar-refractivity contribution is -0.154. The minimum absolute atomic E-state index is 0.306. The first-order valence-corrected chi connectivity index (χ1v) is 6.19. The summed E-state index contributed by atoms with van der Waals surface area (Å²) in [5, 5.41) is 8.50. The summed E-state index contributed by atoms with van der Waals surface area (Å²) >= 11 is 0. The van der Waals surface area contributed by atoms with Gasteiger partial charge in [0.05, 0.1) is 6.61 Å². The molecule has 0 aromatic heterocycles. The Kier molecular flexibility index (Phi) is 6.52. The normalized spacial score (nSPS) is 11.7. The van der Waals surface area contributed by atoms with Crippen LogP contribution in [0.1, 0.15) is 12.5 Å². The van der Waals surface area contributed by atoms with Gasteiger partial charge >= 0.3 is 11.9 Å². The Morgan fingerprint density at radius 2 is 1.90 bits per heavy atom. The third-order valence-corrected chi connectivity index (χ3v) is 2.54. The van der Waals surface area contributed by atoms with Crippen LogP contribution in [-0.2, 0) is 25.5 Å². The number of hydrogen-bond donors (Lipinski definition) is 1. The van der Waals surface area contributed by atoms with Gasteiger partial charge in [-0.15, -0.1) is 0 Å². The molecule has 1 atom stereocenters. The molecule has 0 unspecified atom stereocenters. The first-order valence-electron chi connectivity index (χ1n) is 6.19. The van der Waals surface area contributed by atoms with Gasteiger partial charge in [0.2, 0.25) is 0 Å². The van der Waals surface area contributed by atoms with Crippen molar-refractivity contribution in [3.63, 3.8) is 0 Å². The lowest BCUT2D eigenvalue weighted by Crippen LogP contribution is -2.27. The lowest BCUT2D eigenvalue weighted by Gasteiger charge is -2.14. The highest BCUT2D eigenvalue weighted by Crippen LogP contribution is 2.14. The maximum absolute atomic E-state index is 11.6. The lowest BCUT2D eigenvalue weighted by atomic mass is 10.1. The van der Waals surface area contributed by atoms with Crippen LogP contribution >= 0.6 is 0 Å². The number of esters is 1. The Morgan fingerprint density at radius 3 is 2.40 bits per heavy atom. The van der Waals surface area contributed by atoms with Crippen molar-refractivity contribution in [1.82, 2.24) is 0 Å². The van der Waals surface area contributed by atoms with Crippen LogP contribution in [0.5, 0.6) is 5.75 Å². The van der Waals surface area contributed by atoms with Crippen LogP contribution in [0.2, 0.25) is 0 Å². The van der Waals surface area contributed by atoms with Crippen molar-refractivity contribution in [1.29, 1.82) is 0 Å². The zero-order valence-electron chi connectivity index (χ0n) is 11.5. The Morgan fingerprint density at radius 1 is 1.25 bits per heavy atom. The number of carbonyl (C=O) groups is 2. The average molecular weight is 282 g/mol. The maximum Gasteiger partial charge on any atom is 0.341 e.